The highest BCUT2D eigenvalue weighted by atomic mass is 19.1. The molecule has 0 aliphatic carbocycles. The van der Waals surface area contributed by atoms with Gasteiger partial charge in [-0.25, -0.2) is 9.18 Å². The molecule has 2 rings (SSSR count). The van der Waals surface area contributed by atoms with Crippen LogP contribution in [0, 0.1) is 5.82 Å². The van der Waals surface area contributed by atoms with Crippen molar-refractivity contribution in [1.29, 1.82) is 0 Å². The molecule has 0 aliphatic heterocycles. The molecule has 0 atom stereocenters. The molecule has 0 saturated carbocycles. The van der Waals surface area contributed by atoms with E-state index in [0.717, 1.165) is 31.0 Å². The molecule has 23 heavy (non-hydrogen) atoms. The lowest BCUT2D eigenvalue weighted by atomic mass is 10.1. The number of hydrogen-bond acceptors (Lipinski definition) is 3. The van der Waals surface area contributed by atoms with E-state index in [1.165, 1.54) is 6.20 Å². The summed E-state index contributed by atoms with van der Waals surface area (Å²) in [4.78, 5) is 23.3. The summed E-state index contributed by atoms with van der Waals surface area (Å²) in [5.74, 6) is -2.42. The minimum atomic E-state index is -1.19. The van der Waals surface area contributed by atoms with Crippen LogP contribution in [0.4, 0.5) is 10.1 Å². The topological polar surface area (TPSA) is 84.2 Å². The normalized spacial score (nSPS) is 10.8. The summed E-state index contributed by atoms with van der Waals surface area (Å²) in [5.41, 5.74) is 0.0289. The Kier molecular flexibility index (Phi) is 5.10. The fourth-order valence-corrected chi connectivity index (χ4v) is 2.36. The van der Waals surface area contributed by atoms with Crippen molar-refractivity contribution < 1.29 is 19.1 Å². The summed E-state index contributed by atoms with van der Waals surface area (Å²) in [6, 6.07) is 4.86. The van der Waals surface area contributed by atoms with E-state index in [1.807, 2.05) is 13.8 Å². The first-order valence-electron chi connectivity index (χ1n) is 7.35. The maximum atomic E-state index is 13.8. The first-order chi connectivity index (χ1) is 11.0. The second-order valence-corrected chi connectivity index (χ2v) is 5.09. The third kappa shape index (κ3) is 3.56. The largest absolute Gasteiger partial charge is 0.478 e. The zero-order valence-corrected chi connectivity index (χ0v) is 12.9. The molecular formula is C16H18FN3O3. The molecule has 2 N–H and O–H groups in total. The van der Waals surface area contributed by atoms with E-state index < -0.39 is 17.7 Å². The molecule has 6 nitrogen and oxygen atoms in total. The molecule has 1 heterocycles. The lowest BCUT2D eigenvalue weighted by Gasteiger charge is -2.16. The lowest BCUT2D eigenvalue weighted by Crippen LogP contribution is -2.21. The van der Waals surface area contributed by atoms with Gasteiger partial charge in [0.2, 0.25) is 0 Å². The van der Waals surface area contributed by atoms with Crippen LogP contribution < -0.4 is 5.32 Å². The van der Waals surface area contributed by atoms with E-state index in [1.54, 1.807) is 10.7 Å². The smallest absolute Gasteiger partial charge is 0.335 e. The van der Waals surface area contributed by atoms with Crippen molar-refractivity contribution in [2.45, 2.75) is 32.7 Å². The summed E-state index contributed by atoms with van der Waals surface area (Å²) >= 11 is 0. The maximum Gasteiger partial charge on any atom is 0.335 e. The molecule has 1 aromatic heterocycles. The Morgan fingerprint density at radius 2 is 2.00 bits per heavy atom. The Morgan fingerprint density at radius 3 is 2.61 bits per heavy atom. The Hall–Kier alpha value is -2.70. The predicted octanol–water partition coefficient (Wildman–Crippen LogP) is 3.33. The van der Waals surface area contributed by atoms with Gasteiger partial charge < -0.3 is 10.4 Å². The van der Waals surface area contributed by atoms with Crippen LogP contribution in [0.3, 0.4) is 0 Å². The van der Waals surface area contributed by atoms with Gasteiger partial charge in [0, 0.05) is 6.20 Å². The number of aromatic nitrogens is 2. The molecule has 2 aromatic rings. The molecule has 1 amide bonds. The van der Waals surface area contributed by atoms with Crippen LogP contribution in [0.2, 0.25) is 0 Å². The number of amides is 1. The van der Waals surface area contributed by atoms with Gasteiger partial charge >= 0.3 is 5.97 Å². The van der Waals surface area contributed by atoms with Crippen molar-refractivity contribution >= 4 is 17.6 Å². The molecule has 0 fully saturated rings. The molecule has 0 unspecified atom stereocenters. The number of carbonyl (C=O) groups is 2. The average molecular weight is 319 g/mol. The van der Waals surface area contributed by atoms with Gasteiger partial charge in [0.25, 0.3) is 5.91 Å². The zero-order valence-electron chi connectivity index (χ0n) is 12.9. The first kappa shape index (κ1) is 16.7. The number of carboxylic acid groups (broad SMARTS) is 1. The van der Waals surface area contributed by atoms with Crippen molar-refractivity contribution in [1.82, 2.24) is 9.78 Å². The van der Waals surface area contributed by atoms with E-state index >= 15 is 0 Å². The van der Waals surface area contributed by atoms with Crippen LogP contribution in [0.1, 0.15) is 53.6 Å². The number of aromatic carboxylic acids is 1. The third-order valence-electron chi connectivity index (χ3n) is 3.65. The van der Waals surface area contributed by atoms with Crippen molar-refractivity contribution in [3.8, 4) is 0 Å². The van der Waals surface area contributed by atoms with Crippen molar-refractivity contribution in [2.75, 3.05) is 5.32 Å². The highest BCUT2D eigenvalue weighted by Gasteiger charge is 2.19. The summed E-state index contributed by atoms with van der Waals surface area (Å²) in [5, 5.41) is 15.5. The average Bonchev–Trinajstić information content (AvgIpc) is 3.00. The molecule has 0 aliphatic rings. The SMILES string of the molecule is CCC(CC)n1nccc1C(=O)Nc1cc(C(=O)O)ccc1F. The van der Waals surface area contributed by atoms with E-state index in [0.29, 0.717) is 5.69 Å². The Labute approximate surface area is 132 Å². The van der Waals surface area contributed by atoms with Gasteiger partial charge in [-0.15, -0.1) is 0 Å². The van der Waals surface area contributed by atoms with Crippen molar-refractivity contribution in [3.05, 3.63) is 47.5 Å². The highest BCUT2D eigenvalue weighted by molar-refractivity contribution is 6.03. The molecule has 7 heteroatoms. The quantitative estimate of drug-likeness (QED) is 0.855. The van der Waals surface area contributed by atoms with Crippen LogP contribution in [0.25, 0.3) is 0 Å². The van der Waals surface area contributed by atoms with Crippen LogP contribution in [0.15, 0.2) is 30.5 Å². The fourth-order valence-electron chi connectivity index (χ4n) is 2.36. The number of halogens is 1. The monoisotopic (exact) mass is 319 g/mol. The Balaban J connectivity index is 2.28. The number of nitrogens with one attached hydrogen (secondary N) is 1. The van der Waals surface area contributed by atoms with Gasteiger partial charge in [0.1, 0.15) is 11.5 Å². The minimum Gasteiger partial charge on any atom is -0.478 e. The van der Waals surface area contributed by atoms with E-state index in [9.17, 15) is 14.0 Å². The molecule has 122 valence electrons. The van der Waals surface area contributed by atoms with E-state index in [4.69, 9.17) is 5.11 Å². The molecule has 0 radical (unpaired) electrons. The Morgan fingerprint density at radius 1 is 1.30 bits per heavy atom. The van der Waals surface area contributed by atoms with Gasteiger partial charge in [-0.05, 0) is 37.1 Å². The zero-order chi connectivity index (χ0) is 17.0. The predicted molar refractivity (Wildman–Crippen MR) is 83.2 cm³/mol. The second kappa shape index (κ2) is 7.04. The standard InChI is InChI=1S/C16H18FN3O3/c1-3-11(4-2)20-14(7-8-18-20)15(21)19-13-9-10(16(22)23)5-6-12(13)17/h5-9,11H,3-4H2,1-2H3,(H,19,21)(H,22,23). The molecule has 0 bridgehead atoms. The van der Waals surface area contributed by atoms with Gasteiger partial charge in [0.05, 0.1) is 17.3 Å². The summed E-state index contributed by atoms with van der Waals surface area (Å²) in [6.07, 6.45) is 3.12. The number of nitrogens with zero attached hydrogens (tertiary/aromatic N) is 2. The minimum absolute atomic E-state index is 0.0703. The van der Waals surface area contributed by atoms with E-state index in [2.05, 4.69) is 10.4 Å². The maximum absolute atomic E-state index is 13.8. The summed E-state index contributed by atoms with van der Waals surface area (Å²) < 4.78 is 15.4. The number of carbonyl (C=O) groups excluding carboxylic acids is 1. The molecule has 0 spiro atoms. The summed E-state index contributed by atoms with van der Waals surface area (Å²) in [7, 11) is 0. The number of rotatable bonds is 6. The number of anilines is 1. The number of benzene rings is 1. The lowest BCUT2D eigenvalue weighted by molar-refractivity contribution is 0.0696. The molecule has 1 aromatic carbocycles. The Bertz CT molecular complexity index is 723. The third-order valence-corrected chi connectivity index (χ3v) is 3.65. The fraction of sp³-hybridized carbons (Fsp3) is 0.312. The molecule has 0 saturated heterocycles. The van der Waals surface area contributed by atoms with E-state index in [-0.39, 0.29) is 17.3 Å². The number of carboxylic acids is 1. The molecular weight excluding hydrogens is 301 g/mol. The van der Waals surface area contributed by atoms with Crippen molar-refractivity contribution in [3.63, 3.8) is 0 Å². The van der Waals surface area contributed by atoms with Gasteiger partial charge in [-0.2, -0.15) is 5.10 Å². The second-order valence-electron chi connectivity index (χ2n) is 5.09. The van der Waals surface area contributed by atoms with Crippen LogP contribution in [0.5, 0.6) is 0 Å². The van der Waals surface area contributed by atoms with Crippen LogP contribution in [-0.2, 0) is 0 Å². The van der Waals surface area contributed by atoms with Crippen LogP contribution in [-0.4, -0.2) is 26.8 Å². The van der Waals surface area contributed by atoms with Gasteiger partial charge in [-0.1, -0.05) is 13.8 Å². The number of hydrogen-bond donors (Lipinski definition) is 2. The van der Waals surface area contributed by atoms with Crippen molar-refractivity contribution in [2.24, 2.45) is 0 Å². The highest BCUT2D eigenvalue weighted by Crippen LogP contribution is 2.20. The van der Waals surface area contributed by atoms with Gasteiger partial charge in [-0.3, -0.25) is 9.48 Å². The van der Waals surface area contributed by atoms with Gasteiger partial charge in [0.15, 0.2) is 0 Å². The summed E-state index contributed by atoms with van der Waals surface area (Å²) in [6.45, 7) is 3.99. The first-order valence-corrected chi connectivity index (χ1v) is 7.35. The van der Waals surface area contributed by atoms with Crippen LogP contribution >= 0.6 is 0 Å².